The summed E-state index contributed by atoms with van der Waals surface area (Å²) >= 11 is 0. The van der Waals surface area contributed by atoms with Crippen LogP contribution in [-0.2, 0) is 20.9 Å². The predicted octanol–water partition coefficient (Wildman–Crippen LogP) is 3.88. The molecule has 0 amide bonds. The van der Waals surface area contributed by atoms with Crippen LogP contribution in [0.25, 0.3) is 0 Å². The van der Waals surface area contributed by atoms with Crippen LogP contribution in [0.5, 0.6) is 0 Å². The Kier molecular flexibility index (Phi) is 6.00. The van der Waals surface area contributed by atoms with E-state index in [4.69, 9.17) is 9.47 Å². The molecule has 3 nitrogen and oxygen atoms in total. The average Bonchev–Trinajstić information content (AvgIpc) is 2.48. The molecule has 0 N–H and O–H groups in total. The number of rotatable bonds is 5. The van der Waals surface area contributed by atoms with Gasteiger partial charge < -0.3 is 9.47 Å². The van der Waals surface area contributed by atoms with Crippen molar-refractivity contribution in [2.24, 2.45) is 5.92 Å². The van der Waals surface area contributed by atoms with E-state index < -0.39 is 0 Å². The third-order valence-corrected chi connectivity index (χ3v) is 3.83. The molecule has 2 atom stereocenters. The van der Waals surface area contributed by atoms with Crippen molar-refractivity contribution in [3.8, 4) is 0 Å². The number of cyclic esters (lactones) is 1. The second kappa shape index (κ2) is 7.99. The quantitative estimate of drug-likeness (QED) is 0.609. The van der Waals surface area contributed by atoms with E-state index in [1.807, 2.05) is 30.3 Å². The molecule has 1 aliphatic rings. The van der Waals surface area contributed by atoms with Crippen LogP contribution in [0.1, 0.15) is 38.7 Å². The molecule has 1 heterocycles. The van der Waals surface area contributed by atoms with Crippen molar-refractivity contribution in [1.82, 2.24) is 0 Å². The molecule has 0 saturated carbocycles. The number of hydrogen-bond acceptors (Lipinski definition) is 3. The van der Waals surface area contributed by atoms with E-state index in [0.717, 1.165) is 18.4 Å². The summed E-state index contributed by atoms with van der Waals surface area (Å²) in [5.74, 6) is 0.0992. The van der Waals surface area contributed by atoms with E-state index in [2.05, 4.69) is 19.9 Å². The lowest BCUT2D eigenvalue weighted by atomic mass is 9.99. The second-order valence-electron chi connectivity index (χ2n) is 5.79. The third kappa shape index (κ3) is 5.35. The largest absolute Gasteiger partial charge is 0.462 e. The molecular formula is C18H24O3. The first-order valence-electron chi connectivity index (χ1n) is 7.62. The smallest absolute Gasteiger partial charge is 0.306 e. The molecule has 1 aliphatic heterocycles. The van der Waals surface area contributed by atoms with E-state index in [1.165, 1.54) is 5.57 Å². The highest BCUT2D eigenvalue weighted by atomic mass is 16.5. The van der Waals surface area contributed by atoms with Crippen LogP contribution in [0.2, 0.25) is 0 Å². The summed E-state index contributed by atoms with van der Waals surface area (Å²) in [6.07, 6.45) is 4.18. The standard InChI is InChI=1S/C18H24O3/c1-14-8-10-17(21-18(19)11-9-14)15(2)12-20-13-16-6-4-3-5-7-16/h3-8,15,17H,9-13H2,1-2H3/b14-8-/t15-,17-/m0/s1. The lowest BCUT2D eigenvalue weighted by Gasteiger charge is -2.25. The van der Waals surface area contributed by atoms with Gasteiger partial charge in [0, 0.05) is 18.8 Å². The number of carbonyl (C=O) groups is 1. The Balaban J connectivity index is 1.82. The fourth-order valence-corrected chi connectivity index (χ4v) is 2.39. The van der Waals surface area contributed by atoms with Crippen molar-refractivity contribution in [2.75, 3.05) is 6.61 Å². The number of esters is 1. The van der Waals surface area contributed by atoms with Crippen LogP contribution in [0.15, 0.2) is 42.0 Å². The Labute approximate surface area is 127 Å². The van der Waals surface area contributed by atoms with Gasteiger partial charge in [0.15, 0.2) is 0 Å². The topological polar surface area (TPSA) is 35.5 Å². The number of allylic oxidation sites excluding steroid dienone is 1. The maximum Gasteiger partial charge on any atom is 0.306 e. The van der Waals surface area contributed by atoms with Crippen LogP contribution in [0, 0.1) is 5.92 Å². The van der Waals surface area contributed by atoms with Crippen LogP contribution < -0.4 is 0 Å². The van der Waals surface area contributed by atoms with Crippen molar-refractivity contribution in [1.29, 1.82) is 0 Å². The molecule has 114 valence electrons. The Bertz CT molecular complexity index is 478. The molecule has 1 aromatic carbocycles. The summed E-state index contributed by atoms with van der Waals surface area (Å²) < 4.78 is 11.3. The van der Waals surface area contributed by atoms with Gasteiger partial charge >= 0.3 is 5.97 Å². The van der Waals surface area contributed by atoms with Gasteiger partial charge in [0.25, 0.3) is 0 Å². The Morgan fingerprint density at radius 2 is 2.05 bits per heavy atom. The first kappa shape index (κ1) is 15.8. The normalized spacial score (nSPS) is 23.4. The van der Waals surface area contributed by atoms with Gasteiger partial charge in [-0.3, -0.25) is 4.79 Å². The molecule has 2 rings (SSSR count). The van der Waals surface area contributed by atoms with Crippen molar-refractivity contribution in [2.45, 2.75) is 45.8 Å². The van der Waals surface area contributed by atoms with Gasteiger partial charge in [0.1, 0.15) is 6.10 Å². The molecule has 0 radical (unpaired) electrons. The van der Waals surface area contributed by atoms with Crippen LogP contribution in [0.3, 0.4) is 0 Å². The fourth-order valence-electron chi connectivity index (χ4n) is 2.39. The lowest BCUT2D eigenvalue weighted by molar-refractivity contribution is -0.152. The van der Waals surface area contributed by atoms with Gasteiger partial charge in [-0.25, -0.2) is 0 Å². The van der Waals surface area contributed by atoms with Gasteiger partial charge in [-0.05, 0) is 18.9 Å². The van der Waals surface area contributed by atoms with Crippen LogP contribution in [0.4, 0.5) is 0 Å². The minimum atomic E-state index is -0.0950. The van der Waals surface area contributed by atoms with Gasteiger partial charge in [0.05, 0.1) is 13.2 Å². The molecular weight excluding hydrogens is 264 g/mol. The van der Waals surface area contributed by atoms with E-state index in [1.54, 1.807) is 0 Å². The minimum Gasteiger partial charge on any atom is -0.462 e. The summed E-state index contributed by atoms with van der Waals surface area (Å²) in [5, 5.41) is 0. The maximum absolute atomic E-state index is 11.7. The zero-order valence-electron chi connectivity index (χ0n) is 12.9. The Morgan fingerprint density at radius 3 is 2.81 bits per heavy atom. The van der Waals surface area contributed by atoms with Gasteiger partial charge in [-0.1, -0.05) is 48.9 Å². The van der Waals surface area contributed by atoms with E-state index >= 15 is 0 Å². The highest BCUT2D eigenvalue weighted by molar-refractivity contribution is 5.70. The predicted molar refractivity (Wildman–Crippen MR) is 82.8 cm³/mol. The zero-order valence-corrected chi connectivity index (χ0v) is 12.9. The molecule has 0 saturated heterocycles. The molecule has 0 unspecified atom stereocenters. The number of ether oxygens (including phenoxy) is 2. The molecule has 0 bridgehead atoms. The Hall–Kier alpha value is -1.61. The lowest BCUT2D eigenvalue weighted by Crippen LogP contribution is -2.29. The maximum atomic E-state index is 11.7. The van der Waals surface area contributed by atoms with Gasteiger partial charge in [-0.2, -0.15) is 0 Å². The van der Waals surface area contributed by atoms with Crippen molar-refractivity contribution in [3.63, 3.8) is 0 Å². The molecule has 3 heteroatoms. The van der Waals surface area contributed by atoms with E-state index in [9.17, 15) is 4.79 Å². The molecule has 0 spiro atoms. The average molecular weight is 288 g/mol. The number of carbonyl (C=O) groups excluding carboxylic acids is 1. The SMILES string of the molecule is C/C1=C/C[C@@H]([C@@H](C)COCc2ccccc2)OC(=O)CC1. The zero-order chi connectivity index (χ0) is 15.1. The first-order chi connectivity index (χ1) is 10.1. The van der Waals surface area contributed by atoms with Crippen LogP contribution in [-0.4, -0.2) is 18.7 Å². The Morgan fingerprint density at radius 1 is 1.29 bits per heavy atom. The summed E-state index contributed by atoms with van der Waals surface area (Å²) in [5.41, 5.74) is 2.43. The summed E-state index contributed by atoms with van der Waals surface area (Å²) in [6, 6.07) is 10.1. The molecule has 0 fully saturated rings. The van der Waals surface area contributed by atoms with Crippen molar-refractivity contribution < 1.29 is 14.3 Å². The summed E-state index contributed by atoms with van der Waals surface area (Å²) in [6.45, 7) is 5.35. The third-order valence-electron chi connectivity index (χ3n) is 3.83. The van der Waals surface area contributed by atoms with Gasteiger partial charge in [0.2, 0.25) is 0 Å². The van der Waals surface area contributed by atoms with E-state index in [0.29, 0.717) is 19.6 Å². The molecule has 0 aromatic heterocycles. The van der Waals surface area contributed by atoms with Crippen molar-refractivity contribution in [3.05, 3.63) is 47.5 Å². The minimum absolute atomic E-state index is 0.0801. The highest BCUT2D eigenvalue weighted by Crippen LogP contribution is 2.20. The second-order valence-corrected chi connectivity index (χ2v) is 5.79. The van der Waals surface area contributed by atoms with Crippen LogP contribution >= 0.6 is 0 Å². The molecule has 21 heavy (non-hydrogen) atoms. The summed E-state index contributed by atoms with van der Waals surface area (Å²) in [4.78, 5) is 11.7. The fraction of sp³-hybridized carbons (Fsp3) is 0.500. The molecule has 0 aliphatic carbocycles. The number of hydrogen-bond donors (Lipinski definition) is 0. The highest BCUT2D eigenvalue weighted by Gasteiger charge is 2.22. The monoisotopic (exact) mass is 288 g/mol. The van der Waals surface area contributed by atoms with Crippen molar-refractivity contribution >= 4 is 5.97 Å². The van der Waals surface area contributed by atoms with E-state index in [-0.39, 0.29) is 18.0 Å². The molecule has 1 aromatic rings. The number of benzene rings is 1. The first-order valence-corrected chi connectivity index (χ1v) is 7.62. The van der Waals surface area contributed by atoms with Gasteiger partial charge in [-0.15, -0.1) is 0 Å². The summed E-state index contributed by atoms with van der Waals surface area (Å²) in [7, 11) is 0.